The van der Waals surface area contributed by atoms with Gasteiger partial charge in [0.25, 0.3) is 0 Å². The summed E-state index contributed by atoms with van der Waals surface area (Å²) in [6.07, 6.45) is 3.40. The van der Waals surface area contributed by atoms with E-state index in [-0.39, 0.29) is 10.9 Å². The van der Waals surface area contributed by atoms with Gasteiger partial charge >= 0.3 is 5.97 Å². The van der Waals surface area contributed by atoms with Crippen LogP contribution >= 0.6 is 11.6 Å². The molecule has 1 heterocycles. The Morgan fingerprint density at radius 2 is 2.00 bits per heavy atom. The molecular formula is C17H18ClNO3. The van der Waals surface area contributed by atoms with E-state index < -0.39 is 5.97 Å². The van der Waals surface area contributed by atoms with Crippen molar-refractivity contribution >= 4 is 17.6 Å². The first-order chi connectivity index (χ1) is 10.6. The van der Waals surface area contributed by atoms with E-state index in [0.717, 1.165) is 12.8 Å². The lowest BCUT2D eigenvalue weighted by Crippen LogP contribution is -2.14. The number of aryl methyl sites for hydroxylation is 1. The summed E-state index contributed by atoms with van der Waals surface area (Å²) in [6, 6.07) is 8.88. The predicted octanol–water partition coefficient (Wildman–Crippen LogP) is 4.44. The van der Waals surface area contributed by atoms with Crippen molar-refractivity contribution in [3.8, 4) is 11.5 Å². The first-order valence-corrected chi connectivity index (χ1v) is 7.56. The molecule has 2 aromatic rings. The SMILES string of the molecule is CCCCOc1c(Cl)ncc(C)c1C(=O)Oc1ccccc1. The molecule has 22 heavy (non-hydrogen) atoms. The molecule has 0 aliphatic heterocycles. The number of benzene rings is 1. The van der Waals surface area contributed by atoms with Gasteiger partial charge in [-0.1, -0.05) is 43.1 Å². The first-order valence-electron chi connectivity index (χ1n) is 7.18. The third-order valence-corrected chi connectivity index (χ3v) is 3.35. The fourth-order valence-electron chi connectivity index (χ4n) is 1.91. The summed E-state index contributed by atoms with van der Waals surface area (Å²) in [7, 11) is 0. The highest BCUT2D eigenvalue weighted by Crippen LogP contribution is 2.30. The maximum Gasteiger partial charge on any atom is 0.347 e. The van der Waals surface area contributed by atoms with Crippen LogP contribution in [-0.2, 0) is 0 Å². The van der Waals surface area contributed by atoms with Crippen molar-refractivity contribution in [2.75, 3.05) is 6.61 Å². The lowest BCUT2D eigenvalue weighted by atomic mass is 10.1. The van der Waals surface area contributed by atoms with Crippen LogP contribution in [0.3, 0.4) is 0 Å². The van der Waals surface area contributed by atoms with Crippen molar-refractivity contribution in [1.82, 2.24) is 4.98 Å². The second-order valence-electron chi connectivity index (χ2n) is 4.84. The first kappa shape index (κ1) is 16.3. The van der Waals surface area contributed by atoms with Gasteiger partial charge in [-0.2, -0.15) is 0 Å². The molecule has 0 aliphatic carbocycles. The number of rotatable bonds is 6. The largest absolute Gasteiger partial charge is 0.489 e. The van der Waals surface area contributed by atoms with Crippen LogP contribution in [0.25, 0.3) is 0 Å². The number of ether oxygens (including phenoxy) is 2. The highest BCUT2D eigenvalue weighted by atomic mass is 35.5. The van der Waals surface area contributed by atoms with Crippen LogP contribution in [0.2, 0.25) is 5.15 Å². The minimum atomic E-state index is -0.500. The molecule has 0 N–H and O–H groups in total. The minimum Gasteiger partial charge on any atom is -0.489 e. The van der Waals surface area contributed by atoms with Gasteiger partial charge in [0.2, 0.25) is 0 Å². The Bertz CT molecular complexity index is 644. The average molecular weight is 320 g/mol. The number of pyridine rings is 1. The number of aromatic nitrogens is 1. The number of para-hydroxylation sites is 1. The number of hydrogen-bond acceptors (Lipinski definition) is 4. The molecule has 4 nitrogen and oxygen atoms in total. The Morgan fingerprint density at radius 3 is 2.68 bits per heavy atom. The summed E-state index contributed by atoms with van der Waals surface area (Å²) < 4.78 is 11.0. The molecule has 0 aliphatic rings. The summed E-state index contributed by atoms with van der Waals surface area (Å²) in [4.78, 5) is 16.5. The molecule has 0 saturated carbocycles. The minimum absolute atomic E-state index is 0.168. The van der Waals surface area contributed by atoms with E-state index in [1.165, 1.54) is 6.20 Å². The van der Waals surface area contributed by atoms with E-state index in [4.69, 9.17) is 21.1 Å². The van der Waals surface area contributed by atoms with Crippen LogP contribution in [0.15, 0.2) is 36.5 Å². The van der Waals surface area contributed by atoms with E-state index in [1.54, 1.807) is 31.2 Å². The fourth-order valence-corrected chi connectivity index (χ4v) is 2.11. The molecule has 0 radical (unpaired) electrons. The molecule has 0 amide bonds. The molecule has 2 rings (SSSR count). The second kappa shape index (κ2) is 7.80. The number of unbranched alkanes of at least 4 members (excludes halogenated alkanes) is 1. The summed E-state index contributed by atoms with van der Waals surface area (Å²) in [5.74, 6) is 0.259. The molecule has 0 bridgehead atoms. The highest BCUT2D eigenvalue weighted by Gasteiger charge is 2.21. The van der Waals surface area contributed by atoms with Crippen molar-refractivity contribution < 1.29 is 14.3 Å². The van der Waals surface area contributed by atoms with Gasteiger partial charge in [-0.25, -0.2) is 9.78 Å². The Kier molecular flexibility index (Phi) is 5.78. The van der Waals surface area contributed by atoms with Gasteiger partial charge in [0.05, 0.1) is 6.61 Å². The molecule has 116 valence electrons. The smallest absolute Gasteiger partial charge is 0.347 e. The molecule has 0 spiro atoms. The van der Waals surface area contributed by atoms with Crippen LogP contribution in [-0.4, -0.2) is 17.6 Å². The van der Waals surface area contributed by atoms with Crippen LogP contribution in [0.1, 0.15) is 35.7 Å². The molecule has 5 heteroatoms. The topological polar surface area (TPSA) is 48.4 Å². The van der Waals surface area contributed by atoms with Crippen molar-refractivity contribution in [2.45, 2.75) is 26.7 Å². The van der Waals surface area contributed by atoms with Crippen LogP contribution < -0.4 is 9.47 Å². The number of hydrogen-bond donors (Lipinski definition) is 0. The van der Waals surface area contributed by atoms with E-state index in [2.05, 4.69) is 11.9 Å². The standard InChI is InChI=1S/C17H18ClNO3/c1-3-4-10-21-15-14(12(2)11-19-16(15)18)17(20)22-13-8-6-5-7-9-13/h5-9,11H,3-4,10H2,1-2H3. The zero-order valence-electron chi connectivity index (χ0n) is 12.6. The lowest BCUT2D eigenvalue weighted by molar-refractivity contribution is 0.0729. The normalized spacial score (nSPS) is 10.3. The van der Waals surface area contributed by atoms with E-state index in [9.17, 15) is 4.79 Å². The van der Waals surface area contributed by atoms with E-state index >= 15 is 0 Å². The Balaban J connectivity index is 2.28. The Hall–Kier alpha value is -2.07. The van der Waals surface area contributed by atoms with Crippen molar-refractivity contribution in [2.24, 2.45) is 0 Å². The van der Waals surface area contributed by atoms with Crippen molar-refractivity contribution in [3.05, 3.63) is 52.8 Å². The Labute approximate surface area is 135 Å². The van der Waals surface area contributed by atoms with E-state index in [1.807, 2.05) is 6.07 Å². The van der Waals surface area contributed by atoms with Crippen molar-refractivity contribution in [3.63, 3.8) is 0 Å². The number of carbonyl (C=O) groups is 1. The molecule has 0 fully saturated rings. The fraction of sp³-hybridized carbons (Fsp3) is 0.294. The molecule has 0 unspecified atom stereocenters. The molecule has 1 aromatic heterocycles. The summed E-state index contributed by atoms with van der Waals surface area (Å²) in [6.45, 7) is 4.31. The molecule has 0 saturated heterocycles. The van der Waals surface area contributed by atoms with Gasteiger partial charge in [0, 0.05) is 6.20 Å². The number of nitrogens with zero attached hydrogens (tertiary/aromatic N) is 1. The summed E-state index contributed by atoms with van der Waals surface area (Å²) in [5, 5.41) is 0.168. The highest BCUT2D eigenvalue weighted by molar-refractivity contribution is 6.31. The van der Waals surface area contributed by atoms with Gasteiger partial charge in [-0.05, 0) is 31.0 Å². The molecular weight excluding hydrogens is 302 g/mol. The number of halogens is 1. The molecule has 1 aromatic carbocycles. The molecule has 0 atom stereocenters. The summed E-state index contributed by atoms with van der Waals surface area (Å²) in [5.41, 5.74) is 0.983. The maximum absolute atomic E-state index is 12.5. The summed E-state index contributed by atoms with van der Waals surface area (Å²) >= 11 is 6.08. The Morgan fingerprint density at radius 1 is 1.27 bits per heavy atom. The maximum atomic E-state index is 12.5. The lowest BCUT2D eigenvalue weighted by Gasteiger charge is -2.14. The zero-order valence-corrected chi connectivity index (χ0v) is 13.4. The zero-order chi connectivity index (χ0) is 15.9. The number of esters is 1. The van der Waals surface area contributed by atoms with Gasteiger partial charge < -0.3 is 9.47 Å². The quantitative estimate of drug-likeness (QED) is 0.342. The van der Waals surface area contributed by atoms with Gasteiger partial charge in [-0.3, -0.25) is 0 Å². The number of carbonyl (C=O) groups excluding carboxylic acids is 1. The van der Waals surface area contributed by atoms with Gasteiger partial charge in [0.1, 0.15) is 11.3 Å². The predicted molar refractivity (Wildman–Crippen MR) is 85.8 cm³/mol. The van der Waals surface area contributed by atoms with Crippen LogP contribution in [0.5, 0.6) is 11.5 Å². The third-order valence-electron chi connectivity index (χ3n) is 3.08. The second-order valence-corrected chi connectivity index (χ2v) is 5.20. The van der Waals surface area contributed by atoms with Gasteiger partial charge in [-0.15, -0.1) is 0 Å². The van der Waals surface area contributed by atoms with Gasteiger partial charge in [0.15, 0.2) is 10.9 Å². The average Bonchev–Trinajstić information content (AvgIpc) is 2.51. The van der Waals surface area contributed by atoms with E-state index in [0.29, 0.717) is 23.5 Å². The van der Waals surface area contributed by atoms with Crippen LogP contribution in [0, 0.1) is 6.92 Å². The third kappa shape index (κ3) is 3.98. The van der Waals surface area contributed by atoms with Crippen molar-refractivity contribution in [1.29, 1.82) is 0 Å². The monoisotopic (exact) mass is 319 g/mol. The van der Waals surface area contributed by atoms with Crippen LogP contribution in [0.4, 0.5) is 0 Å².